The number of hydrogen-bond acceptors (Lipinski definition) is 7. The highest BCUT2D eigenvalue weighted by Gasteiger charge is 2.14. The van der Waals surface area contributed by atoms with E-state index in [1.165, 1.54) is 11.0 Å². The molecule has 94 valence electrons. The second kappa shape index (κ2) is 4.94. The van der Waals surface area contributed by atoms with Crippen LogP contribution in [0.2, 0.25) is 5.02 Å². The third kappa shape index (κ3) is 2.52. The first-order valence-electron chi connectivity index (χ1n) is 4.76. The van der Waals surface area contributed by atoms with Crippen LogP contribution in [0.1, 0.15) is 5.69 Å². The molecule has 3 N–H and O–H groups in total. The van der Waals surface area contributed by atoms with Crippen molar-refractivity contribution in [1.29, 1.82) is 0 Å². The average Bonchev–Trinajstić information content (AvgIpc) is 2.81. The monoisotopic (exact) mass is 269 g/mol. The molecular weight excluding hydrogens is 262 g/mol. The van der Waals surface area contributed by atoms with Crippen molar-refractivity contribution in [2.75, 3.05) is 5.43 Å². The molecule has 0 aliphatic rings. The fourth-order valence-electron chi connectivity index (χ4n) is 1.27. The topological polar surface area (TPSA) is 125 Å². The highest BCUT2D eigenvalue weighted by Crippen LogP contribution is 2.17. The van der Waals surface area contributed by atoms with E-state index in [1.54, 1.807) is 12.1 Å². The van der Waals surface area contributed by atoms with Gasteiger partial charge in [0.05, 0.1) is 10.7 Å². The van der Waals surface area contributed by atoms with E-state index in [1.807, 2.05) is 0 Å². The summed E-state index contributed by atoms with van der Waals surface area (Å²) < 4.78 is 1.27. The molecule has 0 saturated carbocycles. The maximum atomic E-state index is 10.4. The van der Waals surface area contributed by atoms with Gasteiger partial charge in [0, 0.05) is 5.10 Å². The summed E-state index contributed by atoms with van der Waals surface area (Å²) in [6.45, 7) is 0.162. The van der Waals surface area contributed by atoms with Gasteiger partial charge in [-0.2, -0.15) is 4.68 Å². The van der Waals surface area contributed by atoms with Gasteiger partial charge in [-0.3, -0.25) is 0 Å². The van der Waals surface area contributed by atoms with Crippen LogP contribution in [0.5, 0.6) is 0 Å². The smallest absolute Gasteiger partial charge is 0.390 e. The number of rotatable bonds is 4. The zero-order chi connectivity index (χ0) is 13.1. The summed E-state index contributed by atoms with van der Waals surface area (Å²) in [5, 5.41) is 14.5. The Kier molecular flexibility index (Phi) is 3.35. The minimum absolute atomic E-state index is 0.162. The van der Waals surface area contributed by atoms with Gasteiger partial charge in [-0.25, -0.2) is 10.8 Å². The van der Waals surface area contributed by atoms with Gasteiger partial charge < -0.3 is 15.5 Å². The molecule has 2 heterocycles. The van der Waals surface area contributed by atoms with Crippen molar-refractivity contribution >= 4 is 23.4 Å². The summed E-state index contributed by atoms with van der Waals surface area (Å²) in [5.74, 6) is 5.19. The number of nitrogens with two attached hydrogens (primary N) is 1. The lowest BCUT2D eigenvalue weighted by Gasteiger charge is -2.04. The molecule has 0 amide bonds. The van der Waals surface area contributed by atoms with Crippen LogP contribution in [0, 0.1) is 10.1 Å². The Bertz CT molecular complexity index is 585. The molecule has 0 aromatic carbocycles. The van der Waals surface area contributed by atoms with Gasteiger partial charge >= 0.3 is 5.95 Å². The van der Waals surface area contributed by atoms with Crippen molar-refractivity contribution in [3.63, 3.8) is 0 Å². The van der Waals surface area contributed by atoms with Gasteiger partial charge in [0.1, 0.15) is 12.4 Å². The largest absolute Gasteiger partial charge is 0.490 e. The molecule has 10 heteroatoms. The molecule has 0 bridgehead atoms. The van der Waals surface area contributed by atoms with Crippen LogP contribution in [0.15, 0.2) is 18.5 Å². The lowest BCUT2D eigenvalue weighted by atomic mass is 10.3. The highest BCUT2D eigenvalue weighted by atomic mass is 35.5. The van der Waals surface area contributed by atoms with Gasteiger partial charge in [0.15, 0.2) is 0 Å². The lowest BCUT2D eigenvalue weighted by Crippen LogP contribution is -2.11. The second-order valence-electron chi connectivity index (χ2n) is 3.27. The number of nitrogens with zero attached hydrogens (tertiary/aromatic N) is 5. The number of aromatic nitrogens is 4. The lowest BCUT2D eigenvalue weighted by molar-refractivity contribution is -0.394. The Morgan fingerprint density at radius 1 is 1.56 bits per heavy atom. The molecule has 0 aliphatic carbocycles. The van der Waals surface area contributed by atoms with E-state index in [-0.39, 0.29) is 6.54 Å². The summed E-state index contributed by atoms with van der Waals surface area (Å²) in [5.41, 5.74) is 2.86. The van der Waals surface area contributed by atoms with Crippen LogP contribution in [0.4, 0.5) is 11.8 Å². The summed E-state index contributed by atoms with van der Waals surface area (Å²) in [4.78, 5) is 17.4. The van der Waals surface area contributed by atoms with Gasteiger partial charge in [-0.1, -0.05) is 16.6 Å². The van der Waals surface area contributed by atoms with Crippen LogP contribution in [-0.4, -0.2) is 24.7 Å². The van der Waals surface area contributed by atoms with Crippen LogP contribution in [-0.2, 0) is 6.54 Å². The molecule has 2 aromatic heterocycles. The molecule has 0 unspecified atom stereocenters. The Hall–Kier alpha value is -2.26. The number of anilines is 1. The van der Waals surface area contributed by atoms with Gasteiger partial charge in [0.25, 0.3) is 0 Å². The number of hydrazine groups is 1. The number of hydrogen-bond donors (Lipinski definition) is 2. The molecule has 0 fully saturated rings. The molecule has 0 atom stereocenters. The average molecular weight is 270 g/mol. The second-order valence-corrected chi connectivity index (χ2v) is 3.68. The first-order valence-corrected chi connectivity index (χ1v) is 5.14. The third-order valence-corrected chi connectivity index (χ3v) is 2.41. The van der Waals surface area contributed by atoms with E-state index in [0.717, 1.165) is 0 Å². The molecule has 0 saturated heterocycles. The van der Waals surface area contributed by atoms with E-state index >= 15 is 0 Å². The van der Waals surface area contributed by atoms with Gasteiger partial charge in [0.2, 0.25) is 6.33 Å². The van der Waals surface area contributed by atoms with Crippen LogP contribution < -0.4 is 11.3 Å². The fraction of sp³-hybridized carbons (Fsp3) is 0.125. The van der Waals surface area contributed by atoms with Crippen molar-refractivity contribution in [3.8, 4) is 0 Å². The quantitative estimate of drug-likeness (QED) is 0.472. The molecule has 2 rings (SSSR count). The Morgan fingerprint density at radius 2 is 2.33 bits per heavy atom. The molecule has 0 radical (unpaired) electrons. The number of nitrogens with one attached hydrogen (secondary N) is 1. The molecule has 2 aromatic rings. The number of nitro groups is 1. The minimum Gasteiger partial charge on any atom is -0.390 e. The van der Waals surface area contributed by atoms with Crippen LogP contribution >= 0.6 is 11.6 Å². The van der Waals surface area contributed by atoms with E-state index in [2.05, 4.69) is 20.5 Å². The van der Waals surface area contributed by atoms with E-state index < -0.39 is 10.9 Å². The predicted octanol–water partition coefficient (Wildman–Crippen LogP) is 0.569. The maximum Gasteiger partial charge on any atom is 0.490 e. The fourth-order valence-corrected chi connectivity index (χ4v) is 1.44. The first-order chi connectivity index (χ1) is 8.60. The molecule has 0 spiro atoms. The summed E-state index contributed by atoms with van der Waals surface area (Å²) in [7, 11) is 0. The zero-order valence-corrected chi connectivity index (χ0v) is 9.70. The number of pyridine rings is 1. The van der Waals surface area contributed by atoms with Crippen LogP contribution in [0.25, 0.3) is 0 Å². The normalized spacial score (nSPS) is 10.3. The highest BCUT2D eigenvalue weighted by molar-refractivity contribution is 6.31. The predicted molar refractivity (Wildman–Crippen MR) is 62.8 cm³/mol. The summed E-state index contributed by atoms with van der Waals surface area (Å²) in [6, 6.07) is 3.22. The van der Waals surface area contributed by atoms with Crippen molar-refractivity contribution in [2.45, 2.75) is 6.54 Å². The Morgan fingerprint density at radius 3 is 2.94 bits per heavy atom. The van der Waals surface area contributed by atoms with Crippen LogP contribution in [0.3, 0.4) is 0 Å². The minimum atomic E-state index is -0.677. The summed E-state index contributed by atoms with van der Waals surface area (Å²) >= 11 is 5.95. The van der Waals surface area contributed by atoms with Crippen molar-refractivity contribution < 1.29 is 4.92 Å². The van der Waals surface area contributed by atoms with Crippen molar-refractivity contribution in [3.05, 3.63) is 39.3 Å². The maximum absolute atomic E-state index is 10.4. The molecule has 18 heavy (non-hydrogen) atoms. The van der Waals surface area contributed by atoms with E-state index in [0.29, 0.717) is 16.5 Å². The van der Waals surface area contributed by atoms with Crippen molar-refractivity contribution in [2.24, 2.45) is 5.84 Å². The van der Waals surface area contributed by atoms with E-state index in [9.17, 15) is 10.1 Å². The molecule has 9 nitrogen and oxygen atoms in total. The first kappa shape index (κ1) is 12.2. The number of nitrogen functional groups attached to an aromatic ring is 1. The Labute approximate surface area is 106 Å². The number of halogens is 1. The standard InChI is InChI=1S/C8H8ClN7O2/c9-5-1-2-7(13-10)12-6(5)3-15-4-11-8(14-15)16(17)18/h1-2,4H,3,10H2,(H,12,13). The SMILES string of the molecule is NNc1ccc(Cl)c(Cn2cnc([N+](=O)[O-])n2)n1. The molecular formula is C8H8ClN7O2. The van der Waals surface area contributed by atoms with Crippen molar-refractivity contribution in [1.82, 2.24) is 19.7 Å². The third-order valence-electron chi connectivity index (χ3n) is 2.07. The van der Waals surface area contributed by atoms with Gasteiger partial charge in [-0.05, 0) is 17.1 Å². The van der Waals surface area contributed by atoms with Gasteiger partial charge in [-0.15, -0.1) is 0 Å². The summed E-state index contributed by atoms with van der Waals surface area (Å²) in [6.07, 6.45) is 1.23. The molecule has 0 aliphatic heterocycles. The zero-order valence-electron chi connectivity index (χ0n) is 8.95. The van der Waals surface area contributed by atoms with E-state index in [4.69, 9.17) is 17.4 Å². The Balaban J connectivity index is 2.24.